The van der Waals surface area contributed by atoms with E-state index in [9.17, 15) is 0 Å². The molecule has 0 rings (SSSR count). The fourth-order valence-corrected chi connectivity index (χ4v) is 1.60. The van der Waals surface area contributed by atoms with Gasteiger partial charge in [-0.25, -0.2) is 0 Å². The van der Waals surface area contributed by atoms with Gasteiger partial charge in [-0.2, -0.15) is 11.8 Å². The van der Waals surface area contributed by atoms with Gasteiger partial charge in [-0.3, -0.25) is 0 Å². The largest absolute Gasteiger partial charge is 0.395 e. The summed E-state index contributed by atoms with van der Waals surface area (Å²) < 4.78 is 0. The minimum absolute atomic E-state index is 0.0261. The minimum Gasteiger partial charge on any atom is -0.395 e. The van der Waals surface area contributed by atoms with E-state index in [-0.39, 0.29) is 12.6 Å². The fourth-order valence-electron chi connectivity index (χ4n) is 0.534. The summed E-state index contributed by atoms with van der Waals surface area (Å²) in [6.45, 7) is 2.28. The molecule has 0 aromatic carbocycles. The van der Waals surface area contributed by atoms with Crippen LogP contribution in [0, 0.1) is 0 Å². The number of unbranched alkanes of at least 4 members (excludes halogenated alkanes) is 1. The standard InChI is InChI=1S/C7H17NOS/c1-2-3-4-10-6-7(8)5-9/h7,9H,2-6,8H2,1H3. The third-order valence-electron chi connectivity index (χ3n) is 1.21. The lowest BCUT2D eigenvalue weighted by molar-refractivity contribution is 0.275. The Balaban J connectivity index is 2.89. The van der Waals surface area contributed by atoms with Crippen molar-refractivity contribution in [1.29, 1.82) is 0 Å². The topological polar surface area (TPSA) is 46.2 Å². The van der Waals surface area contributed by atoms with Crippen molar-refractivity contribution in [3.05, 3.63) is 0 Å². The van der Waals surface area contributed by atoms with Crippen LogP contribution in [-0.2, 0) is 0 Å². The predicted molar refractivity (Wildman–Crippen MR) is 47.3 cm³/mol. The number of nitrogens with two attached hydrogens (primary N) is 1. The minimum atomic E-state index is -0.0261. The van der Waals surface area contributed by atoms with E-state index < -0.39 is 0 Å². The molecule has 62 valence electrons. The normalized spacial score (nSPS) is 13.5. The van der Waals surface area contributed by atoms with Crippen LogP contribution in [0.2, 0.25) is 0 Å². The van der Waals surface area contributed by atoms with Gasteiger partial charge in [0.1, 0.15) is 0 Å². The van der Waals surface area contributed by atoms with Gasteiger partial charge in [-0.1, -0.05) is 13.3 Å². The monoisotopic (exact) mass is 163 g/mol. The fraction of sp³-hybridized carbons (Fsp3) is 1.00. The summed E-state index contributed by atoms with van der Waals surface area (Å²) in [6, 6.07) is -0.0261. The van der Waals surface area contributed by atoms with Crippen molar-refractivity contribution in [1.82, 2.24) is 0 Å². The Bertz CT molecular complexity index is 70.6. The van der Waals surface area contributed by atoms with Crippen molar-refractivity contribution < 1.29 is 5.11 Å². The van der Waals surface area contributed by atoms with Gasteiger partial charge in [0.05, 0.1) is 6.61 Å². The Kier molecular flexibility index (Phi) is 7.58. The van der Waals surface area contributed by atoms with E-state index in [1.54, 1.807) is 0 Å². The Morgan fingerprint density at radius 2 is 2.30 bits per heavy atom. The van der Waals surface area contributed by atoms with Gasteiger partial charge >= 0.3 is 0 Å². The van der Waals surface area contributed by atoms with Crippen molar-refractivity contribution in [3.63, 3.8) is 0 Å². The molecule has 1 atom stereocenters. The molecule has 0 spiro atoms. The number of aliphatic hydroxyl groups is 1. The van der Waals surface area contributed by atoms with Crippen LogP contribution in [0.3, 0.4) is 0 Å². The van der Waals surface area contributed by atoms with Crippen LogP contribution in [0.5, 0.6) is 0 Å². The molecule has 0 radical (unpaired) electrons. The van der Waals surface area contributed by atoms with Gasteiger partial charge in [0.25, 0.3) is 0 Å². The molecule has 2 nitrogen and oxygen atoms in total. The zero-order valence-electron chi connectivity index (χ0n) is 6.55. The molecule has 0 fully saturated rings. The highest BCUT2D eigenvalue weighted by molar-refractivity contribution is 7.99. The second kappa shape index (κ2) is 7.38. The maximum atomic E-state index is 8.55. The zero-order chi connectivity index (χ0) is 7.82. The second-order valence-electron chi connectivity index (χ2n) is 2.37. The van der Waals surface area contributed by atoms with Crippen molar-refractivity contribution in [2.75, 3.05) is 18.1 Å². The lowest BCUT2D eigenvalue weighted by Crippen LogP contribution is -2.27. The average Bonchev–Trinajstić information content (AvgIpc) is 1.98. The summed E-state index contributed by atoms with van der Waals surface area (Å²) in [4.78, 5) is 0. The van der Waals surface area contributed by atoms with Crippen LogP contribution in [0.4, 0.5) is 0 Å². The SMILES string of the molecule is CCCCSCC(N)CO. The number of rotatable bonds is 6. The Morgan fingerprint density at radius 3 is 2.80 bits per heavy atom. The van der Waals surface area contributed by atoms with Crippen molar-refractivity contribution >= 4 is 11.8 Å². The number of hydrogen-bond donors (Lipinski definition) is 2. The van der Waals surface area contributed by atoms with E-state index in [0.717, 1.165) is 5.75 Å². The van der Waals surface area contributed by atoms with E-state index in [2.05, 4.69) is 6.92 Å². The molecule has 1 unspecified atom stereocenters. The highest BCUT2D eigenvalue weighted by Crippen LogP contribution is 2.04. The van der Waals surface area contributed by atoms with Gasteiger partial charge in [-0.05, 0) is 12.2 Å². The van der Waals surface area contributed by atoms with E-state index in [0.29, 0.717) is 0 Å². The van der Waals surface area contributed by atoms with Crippen LogP contribution in [0.1, 0.15) is 19.8 Å². The first-order chi connectivity index (χ1) is 4.81. The first-order valence-corrected chi connectivity index (χ1v) is 4.91. The molecule has 0 bridgehead atoms. The highest BCUT2D eigenvalue weighted by Gasteiger charge is 1.98. The Morgan fingerprint density at radius 1 is 1.60 bits per heavy atom. The Labute approximate surface area is 67.2 Å². The van der Waals surface area contributed by atoms with E-state index in [1.807, 2.05) is 11.8 Å². The van der Waals surface area contributed by atoms with Gasteiger partial charge < -0.3 is 10.8 Å². The molecule has 0 aromatic heterocycles. The third kappa shape index (κ3) is 6.39. The summed E-state index contributed by atoms with van der Waals surface area (Å²) in [5, 5.41) is 8.55. The maximum Gasteiger partial charge on any atom is 0.0590 e. The second-order valence-corrected chi connectivity index (χ2v) is 3.52. The third-order valence-corrected chi connectivity index (χ3v) is 2.45. The molecule has 0 aromatic rings. The van der Waals surface area contributed by atoms with Gasteiger partial charge in [-0.15, -0.1) is 0 Å². The summed E-state index contributed by atoms with van der Waals surface area (Å²) in [5.41, 5.74) is 5.48. The number of hydrogen-bond acceptors (Lipinski definition) is 3. The molecule has 3 heteroatoms. The van der Waals surface area contributed by atoms with Crippen LogP contribution in [0.25, 0.3) is 0 Å². The highest BCUT2D eigenvalue weighted by atomic mass is 32.2. The lowest BCUT2D eigenvalue weighted by atomic mass is 10.4. The molecule has 0 aliphatic carbocycles. The molecule has 3 N–H and O–H groups in total. The molecule has 0 saturated heterocycles. The van der Waals surface area contributed by atoms with Crippen LogP contribution < -0.4 is 5.73 Å². The predicted octanol–water partition coefficient (Wildman–Crippen LogP) is 0.839. The van der Waals surface area contributed by atoms with E-state index in [4.69, 9.17) is 10.8 Å². The molecule has 0 aliphatic heterocycles. The van der Waals surface area contributed by atoms with Gasteiger partial charge in [0.15, 0.2) is 0 Å². The first-order valence-electron chi connectivity index (χ1n) is 3.75. The maximum absolute atomic E-state index is 8.55. The van der Waals surface area contributed by atoms with Gasteiger partial charge in [0.2, 0.25) is 0 Å². The summed E-state index contributed by atoms with van der Waals surface area (Å²) in [6.07, 6.45) is 2.49. The summed E-state index contributed by atoms with van der Waals surface area (Å²) in [7, 11) is 0. The van der Waals surface area contributed by atoms with E-state index in [1.165, 1.54) is 18.6 Å². The smallest absolute Gasteiger partial charge is 0.0590 e. The van der Waals surface area contributed by atoms with E-state index >= 15 is 0 Å². The van der Waals surface area contributed by atoms with Crippen LogP contribution in [-0.4, -0.2) is 29.3 Å². The molecule has 0 amide bonds. The molecule has 0 heterocycles. The quantitative estimate of drug-likeness (QED) is 0.570. The summed E-state index contributed by atoms with van der Waals surface area (Å²) >= 11 is 1.83. The molecule has 0 aliphatic rings. The molecule has 0 saturated carbocycles. The molecule has 10 heavy (non-hydrogen) atoms. The number of aliphatic hydroxyl groups excluding tert-OH is 1. The summed E-state index contributed by atoms with van der Waals surface area (Å²) in [5.74, 6) is 2.06. The lowest BCUT2D eigenvalue weighted by Gasteiger charge is -2.05. The van der Waals surface area contributed by atoms with Crippen molar-refractivity contribution in [2.24, 2.45) is 5.73 Å². The van der Waals surface area contributed by atoms with Crippen LogP contribution >= 0.6 is 11.8 Å². The van der Waals surface area contributed by atoms with Crippen LogP contribution in [0.15, 0.2) is 0 Å². The van der Waals surface area contributed by atoms with Crippen molar-refractivity contribution in [2.45, 2.75) is 25.8 Å². The molecular weight excluding hydrogens is 146 g/mol. The van der Waals surface area contributed by atoms with Crippen molar-refractivity contribution in [3.8, 4) is 0 Å². The zero-order valence-corrected chi connectivity index (χ0v) is 7.36. The first kappa shape index (κ1) is 10.3. The van der Waals surface area contributed by atoms with Gasteiger partial charge in [0, 0.05) is 11.8 Å². The number of thioether (sulfide) groups is 1. The Hall–Kier alpha value is 0.270. The average molecular weight is 163 g/mol. The molecular formula is C7H17NOS.